The van der Waals surface area contributed by atoms with Gasteiger partial charge in [0.1, 0.15) is 12.4 Å². The summed E-state index contributed by atoms with van der Waals surface area (Å²) in [4.78, 5) is 19.8. The fourth-order valence-electron chi connectivity index (χ4n) is 2.74. The van der Waals surface area contributed by atoms with Crippen LogP contribution in [-0.2, 0) is 6.18 Å². The topological polar surface area (TPSA) is 90.1 Å². The minimum Gasteiger partial charge on any atom is -0.492 e. The number of amides is 1. The molecule has 4 aromatic rings. The summed E-state index contributed by atoms with van der Waals surface area (Å²) in [6.07, 6.45) is -1.50. The van der Waals surface area contributed by atoms with Gasteiger partial charge in [0, 0.05) is 23.5 Å². The zero-order valence-electron chi connectivity index (χ0n) is 16.3. The van der Waals surface area contributed by atoms with Crippen molar-refractivity contribution in [2.75, 3.05) is 13.2 Å². The lowest BCUT2D eigenvalue weighted by molar-refractivity contribution is -0.159. The van der Waals surface area contributed by atoms with Crippen LogP contribution in [0.15, 0.2) is 64.1 Å². The van der Waals surface area contributed by atoms with Crippen LogP contribution in [0.4, 0.5) is 13.2 Å². The van der Waals surface area contributed by atoms with E-state index in [0.717, 1.165) is 11.1 Å². The van der Waals surface area contributed by atoms with Gasteiger partial charge >= 0.3 is 12.1 Å². The van der Waals surface area contributed by atoms with Crippen LogP contribution in [0.1, 0.15) is 16.2 Å². The van der Waals surface area contributed by atoms with Gasteiger partial charge in [0.15, 0.2) is 0 Å². The Labute approximate surface area is 183 Å². The standard InChI is InChI=1S/C21H15F3N4O3S/c22-21(23,24)20-27-18(28-31-20)13-1-3-17(4-2-13)30-7-6-26-19(29)16-9-15(10-25-11-16)14-5-8-32-12-14/h1-5,8-12H,6-7H2,(H,26,29). The van der Waals surface area contributed by atoms with Crippen molar-refractivity contribution in [3.05, 3.63) is 71.0 Å². The molecule has 7 nitrogen and oxygen atoms in total. The lowest BCUT2D eigenvalue weighted by Gasteiger charge is -2.08. The third-order valence-corrected chi connectivity index (χ3v) is 4.98. The number of hydrogen-bond donors (Lipinski definition) is 1. The van der Waals surface area contributed by atoms with Gasteiger partial charge in [-0.15, -0.1) is 0 Å². The highest BCUT2D eigenvalue weighted by Crippen LogP contribution is 2.29. The number of nitrogens with one attached hydrogen (secondary N) is 1. The zero-order valence-corrected chi connectivity index (χ0v) is 17.1. The Kier molecular flexibility index (Phi) is 6.17. The van der Waals surface area contributed by atoms with Crippen molar-refractivity contribution in [2.24, 2.45) is 0 Å². The van der Waals surface area contributed by atoms with Crippen molar-refractivity contribution < 1.29 is 27.2 Å². The molecule has 164 valence electrons. The van der Waals surface area contributed by atoms with Crippen LogP contribution < -0.4 is 10.1 Å². The number of alkyl halides is 3. The summed E-state index contributed by atoms with van der Waals surface area (Å²) >= 11 is 1.56. The molecule has 1 amide bonds. The number of carbonyl (C=O) groups is 1. The highest BCUT2D eigenvalue weighted by Gasteiger charge is 2.38. The van der Waals surface area contributed by atoms with Crippen molar-refractivity contribution in [3.63, 3.8) is 0 Å². The average Bonchev–Trinajstić information content (AvgIpc) is 3.49. The lowest BCUT2D eigenvalue weighted by Crippen LogP contribution is -2.28. The first-order chi connectivity index (χ1) is 15.4. The quantitative estimate of drug-likeness (QED) is 0.403. The first-order valence-electron chi connectivity index (χ1n) is 9.30. The number of thiophene rings is 1. The molecule has 3 heterocycles. The van der Waals surface area contributed by atoms with Crippen LogP contribution in [0.3, 0.4) is 0 Å². The van der Waals surface area contributed by atoms with Gasteiger partial charge in [-0.2, -0.15) is 29.5 Å². The van der Waals surface area contributed by atoms with Crippen molar-refractivity contribution >= 4 is 17.2 Å². The molecule has 0 radical (unpaired) electrons. The summed E-state index contributed by atoms with van der Waals surface area (Å²) in [5.74, 6) is -1.37. The number of pyridine rings is 1. The summed E-state index contributed by atoms with van der Waals surface area (Å²) in [5.41, 5.74) is 2.65. The maximum absolute atomic E-state index is 12.6. The van der Waals surface area contributed by atoms with Gasteiger partial charge in [-0.3, -0.25) is 9.78 Å². The summed E-state index contributed by atoms with van der Waals surface area (Å²) in [7, 11) is 0. The van der Waals surface area contributed by atoms with Gasteiger partial charge in [0.25, 0.3) is 5.91 Å². The number of aromatic nitrogens is 3. The summed E-state index contributed by atoms with van der Waals surface area (Å²) < 4.78 is 47.4. The molecular formula is C21H15F3N4O3S. The molecule has 1 N–H and O–H groups in total. The van der Waals surface area contributed by atoms with E-state index in [9.17, 15) is 18.0 Å². The van der Waals surface area contributed by atoms with Gasteiger partial charge in [-0.25, -0.2) is 0 Å². The number of rotatable bonds is 7. The Morgan fingerprint density at radius 2 is 1.91 bits per heavy atom. The van der Waals surface area contributed by atoms with E-state index in [-0.39, 0.29) is 24.9 Å². The maximum atomic E-state index is 12.6. The molecule has 0 aliphatic carbocycles. The van der Waals surface area contributed by atoms with Crippen LogP contribution in [0.25, 0.3) is 22.5 Å². The normalized spacial score (nSPS) is 11.3. The fraction of sp³-hybridized carbons (Fsp3) is 0.143. The Hall–Kier alpha value is -3.73. The van der Waals surface area contributed by atoms with Crippen molar-refractivity contribution in [1.82, 2.24) is 20.4 Å². The van der Waals surface area contributed by atoms with E-state index in [2.05, 4.69) is 25.0 Å². The van der Waals surface area contributed by atoms with Crippen LogP contribution in [0.2, 0.25) is 0 Å². The monoisotopic (exact) mass is 460 g/mol. The number of carbonyl (C=O) groups excluding carboxylic acids is 1. The van der Waals surface area contributed by atoms with Gasteiger partial charge in [-0.05, 0) is 52.7 Å². The zero-order chi connectivity index (χ0) is 22.6. The number of nitrogens with zero attached hydrogens (tertiary/aromatic N) is 3. The second-order valence-electron chi connectivity index (χ2n) is 6.52. The highest BCUT2D eigenvalue weighted by atomic mass is 32.1. The number of ether oxygens (including phenoxy) is 1. The van der Waals surface area contributed by atoms with E-state index in [4.69, 9.17) is 4.74 Å². The van der Waals surface area contributed by atoms with E-state index < -0.39 is 12.1 Å². The summed E-state index contributed by atoms with van der Waals surface area (Å²) in [5, 5.41) is 10.0. The average molecular weight is 460 g/mol. The fourth-order valence-corrected chi connectivity index (χ4v) is 3.41. The van der Waals surface area contributed by atoms with E-state index in [0.29, 0.717) is 16.9 Å². The molecule has 32 heavy (non-hydrogen) atoms. The van der Waals surface area contributed by atoms with Crippen molar-refractivity contribution in [3.8, 4) is 28.3 Å². The minimum absolute atomic E-state index is 0.172. The Morgan fingerprint density at radius 1 is 1.09 bits per heavy atom. The predicted octanol–water partition coefficient (Wildman–Crippen LogP) is 4.69. The third-order valence-electron chi connectivity index (χ3n) is 4.29. The number of benzene rings is 1. The molecule has 0 spiro atoms. The van der Waals surface area contributed by atoms with Gasteiger partial charge in [0.2, 0.25) is 5.82 Å². The summed E-state index contributed by atoms with van der Waals surface area (Å²) in [6.45, 7) is 0.451. The smallest absolute Gasteiger partial charge is 0.471 e. The third kappa shape index (κ3) is 5.11. The first kappa shape index (κ1) is 21.5. The summed E-state index contributed by atoms with van der Waals surface area (Å²) in [6, 6.07) is 9.88. The Bertz CT molecular complexity index is 1190. The largest absolute Gasteiger partial charge is 0.492 e. The van der Waals surface area contributed by atoms with E-state index in [1.807, 2.05) is 16.8 Å². The van der Waals surface area contributed by atoms with Crippen LogP contribution >= 0.6 is 11.3 Å². The molecule has 0 fully saturated rings. The second kappa shape index (κ2) is 9.18. The minimum atomic E-state index is -4.69. The molecule has 0 aliphatic heterocycles. The molecule has 0 unspecified atom stereocenters. The van der Waals surface area contributed by atoms with E-state index in [1.54, 1.807) is 35.7 Å². The predicted molar refractivity (Wildman–Crippen MR) is 110 cm³/mol. The van der Waals surface area contributed by atoms with Gasteiger partial charge in [-0.1, -0.05) is 5.16 Å². The molecule has 0 aliphatic rings. The molecule has 0 atom stereocenters. The van der Waals surface area contributed by atoms with Gasteiger partial charge in [0.05, 0.1) is 12.1 Å². The van der Waals surface area contributed by atoms with Gasteiger partial charge < -0.3 is 14.6 Å². The van der Waals surface area contributed by atoms with E-state index >= 15 is 0 Å². The van der Waals surface area contributed by atoms with E-state index in [1.165, 1.54) is 18.3 Å². The molecule has 11 heteroatoms. The Balaban J connectivity index is 1.27. The maximum Gasteiger partial charge on any atom is 0.471 e. The van der Waals surface area contributed by atoms with Crippen LogP contribution in [0, 0.1) is 0 Å². The van der Waals surface area contributed by atoms with Crippen molar-refractivity contribution in [2.45, 2.75) is 6.18 Å². The lowest BCUT2D eigenvalue weighted by atomic mass is 10.1. The first-order valence-corrected chi connectivity index (χ1v) is 10.2. The van der Waals surface area contributed by atoms with Crippen LogP contribution in [0.5, 0.6) is 5.75 Å². The molecule has 1 aromatic carbocycles. The second-order valence-corrected chi connectivity index (χ2v) is 7.30. The molecule has 0 bridgehead atoms. The molecule has 4 rings (SSSR count). The number of halogens is 3. The molecule has 0 saturated heterocycles. The van der Waals surface area contributed by atoms with Crippen LogP contribution in [-0.4, -0.2) is 34.2 Å². The Morgan fingerprint density at radius 3 is 2.59 bits per heavy atom. The van der Waals surface area contributed by atoms with Crippen molar-refractivity contribution in [1.29, 1.82) is 0 Å². The molecular weight excluding hydrogens is 445 g/mol. The molecule has 0 saturated carbocycles. The SMILES string of the molecule is O=C(NCCOc1ccc(-c2noc(C(F)(F)F)n2)cc1)c1cncc(-c2ccsc2)c1. The molecule has 3 aromatic heterocycles. The number of hydrogen-bond acceptors (Lipinski definition) is 7. The highest BCUT2D eigenvalue weighted by molar-refractivity contribution is 7.08.